The van der Waals surface area contributed by atoms with Crippen molar-refractivity contribution in [1.29, 1.82) is 5.26 Å². The van der Waals surface area contributed by atoms with Crippen molar-refractivity contribution in [3.8, 4) is 17.2 Å². The lowest BCUT2D eigenvalue weighted by atomic mass is 9.81. The first-order valence-corrected chi connectivity index (χ1v) is 11.0. The summed E-state index contributed by atoms with van der Waals surface area (Å²) in [4.78, 5) is 0.299. The van der Waals surface area contributed by atoms with Gasteiger partial charge in [0.15, 0.2) is 9.84 Å². The van der Waals surface area contributed by atoms with E-state index < -0.39 is 15.4 Å². The van der Waals surface area contributed by atoms with Crippen LogP contribution in [0, 0.1) is 17.2 Å². The molecule has 2 aromatic carbocycles. The van der Waals surface area contributed by atoms with E-state index in [0.29, 0.717) is 28.3 Å². The van der Waals surface area contributed by atoms with E-state index in [9.17, 15) is 13.5 Å². The molecule has 0 radical (unpaired) electrons. The fourth-order valence-corrected chi connectivity index (χ4v) is 5.52. The van der Waals surface area contributed by atoms with Crippen LogP contribution in [0.15, 0.2) is 47.4 Å². The number of nitrogens with zero attached hydrogens (tertiary/aromatic N) is 1. The van der Waals surface area contributed by atoms with Crippen molar-refractivity contribution in [1.82, 2.24) is 0 Å². The second kappa shape index (κ2) is 7.63. The summed E-state index contributed by atoms with van der Waals surface area (Å²) in [5.41, 5.74) is 1.38. The highest BCUT2D eigenvalue weighted by Gasteiger charge is 2.31. The van der Waals surface area contributed by atoms with Crippen molar-refractivity contribution in [2.24, 2.45) is 5.92 Å². The molecule has 1 aliphatic carbocycles. The van der Waals surface area contributed by atoms with Crippen LogP contribution in [0.4, 0.5) is 0 Å². The molecule has 0 aliphatic heterocycles. The zero-order chi connectivity index (χ0) is 19.7. The van der Waals surface area contributed by atoms with Crippen LogP contribution in [0.3, 0.4) is 0 Å². The van der Waals surface area contributed by atoms with Crippen LogP contribution < -0.4 is 0 Å². The van der Waals surface area contributed by atoms with Crippen LogP contribution >= 0.6 is 11.6 Å². The highest BCUT2D eigenvalue weighted by Crippen LogP contribution is 2.34. The van der Waals surface area contributed by atoms with Gasteiger partial charge in [0.1, 0.15) is 0 Å². The monoisotopic (exact) mass is 403 g/mol. The molecule has 3 rings (SSSR count). The van der Waals surface area contributed by atoms with Gasteiger partial charge in [0, 0.05) is 10.6 Å². The maximum absolute atomic E-state index is 12.7. The molecule has 1 saturated carbocycles. The van der Waals surface area contributed by atoms with Crippen LogP contribution in [0.1, 0.15) is 38.2 Å². The number of halogens is 1. The standard InChI is InChI=1S/C21H22ClNO3S/c1-21(24)10-8-15(9-11-21)14-27(25,26)18-5-3-17(4-6-18)19-7-2-16(13-23)12-20(19)22/h2-7,12,15,24H,8-11,14H2,1H3/t15-,21-. The molecule has 0 aromatic heterocycles. The van der Waals surface area contributed by atoms with Gasteiger partial charge < -0.3 is 5.11 Å². The summed E-state index contributed by atoms with van der Waals surface area (Å²) in [6.07, 6.45) is 2.74. The van der Waals surface area contributed by atoms with E-state index in [0.717, 1.165) is 24.0 Å². The fourth-order valence-electron chi connectivity index (χ4n) is 3.53. The molecule has 0 unspecified atom stereocenters. The van der Waals surface area contributed by atoms with Crippen molar-refractivity contribution in [3.05, 3.63) is 53.1 Å². The van der Waals surface area contributed by atoms with Crippen LogP contribution in [-0.4, -0.2) is 24.9 Å². The van der Waals surface area contributed by atoms with E-state index in [2.05, 4.69) is 0 Å². The molecule has 0 saturated heterocycles. The van der Waals surface area contributed by atoms with Gasteiger partial charge >= 0.3 is 0 Å². The Bertz CT molecular complexity index is 965. The summed E-state index contributed by atoms with van der Waals surface area (Å²) in [5, 5.41) is 19.4. The largest absolute Gasteiger partial charge is 0.390 e. The number of benzene rings is 2. The molecule has 0 atom stereocenters. The Morgan fingerprint density at radius 2 is 1.81 bits per heavy atom. The Labute approximate surface area is 165 Å². The Morgan fingerprint density at radius 1 is 1.19 bits per heavy atom. The molecule has 1 fully saturated rings. The lowest BCUT2D eigenvalue weighted by molar-refractivity contribution is 0.0108. The third kappa shape index (κ3) is 4.70. The Hall–Kier alpha value is -1.87. The average molecular weight is 404 g/mol. The Kier molecular flexibility index (Phi) is 5.62. The SMILES string of the molecule is C[C@]1(O)CC[C@H](CS(=O)(=O)c2ccc(-c3ccc(C#N)cc3Cl)cc2)CC1. The van der Waals surface area contributed by atoms with Gasteiger partial charge in [-0.3, -0.25) is 0 Å². The van der Waals surface area contributed by atoms with Gasteiger partial charge in [-0.25, -0.2) is 8.42 Å². The maximum atomic E-state index is 12.7. The van der Waals surface area contributed by atoms with E-state index >= 15 is 0 Å². The predicted octanol–water partition coefficient (Wildman–Crippen LogP) is 4.59. The van der Waals surface area contributed by atoms with Gasteiger partial charge in [-0.15, -0.1) is 0 Å². The van der Waals surface area contributed by atoms with Gasteiger partial charge in [-0.1, -0.05) is 29.8 Å². The van der Waals surface area contributed by atoms with Gasteiger partial charge in [-0.05, 0) is 68.4 Å². The molecule has 4 nitrogen and oxygen atoms in total. The lowest BCUT2D eigenvalue weighted by Crippen LogP contribution is -2.32. The molecular weight excluding hydrogens is 382 g/mol. The van der Waals surface area contributed by atoms with Crippen molar-refractivity contribution >= 4 is 21.4 Å². The molecule has 6 heteroatoms. The first kappa shape index (κ1) is 19.9. The molecule has 0 bridgehead atoms. The predicted molar refractivity (Wildman–Crippen MR) is 106 cm³/mol. The zero-order valence-electron chi connectivity index (χ0n) is 15.2. The summed E-state index contributed by atoms with van der Waals surface area (Å²) in [5.74, 6) is 0.197. The zero-order valence-corrected chi connectivity index (χ0v) is 16.7. The number of rotatable bonds is 4. The maximum Gasteiger partial charge on any atom is 0.178 e. The van der Waals surface area contributed by atoms with Crippen molar-refractivity contribution in [3.63, 3.8) is 0 Å². The minimum atomic E-state index is -3.37. The minimum Gasteiger partial charge on any atom is -0.390 e. The fraction of sp³-hybridized carbons (Fsp3) is 0.381. The number of sulfone groups is 1. The second-order valence-electron chi connectivity index (χ2n) is 7.55. The summed E-state index contributed by atoms with van der Waals surface area (Å²) < 4.78 is 25.5. The summed E-state index contributed by atoms with van der Waals surface area (Å²) >= 11 is 6.23. The first-order chi connectivity index (χ1) is 12.7. The number of aliphatic hydroxyl groups is 1. The van der Waals surface area contributed by atoms with Crippen LogP contribution in [0.25, 0.3) is 11.1 Å². The number of hydrogen-bond donors (Lipinski definition) is 1. The summed E-state index contributed by atoms with van der Waals surface area (Å²) in [6, 6.07) is 13.8. The van der Waals surface area contributed by atoms with E-state index in [-0.39, 0.29) is 11.7 Å². The normalized spacial score (nSPS) is 23.0. The van der Waals surface area contributed by atoms with Gasteiger partial charge in [-0.2, -0.15) is 5.26 Å². The molecular formula is C21H22ClNO3S. The molecule has 0 amide bonds. The van der Waals surface area contributed by atoms with Crippen LogP contribution in [0.2, 0.25) is 5.02 Å². The molecule has 0 heterocycles. The Morgan fingerprint density at radius 3 is 2.37 bits per heavy atom. The third-order valence-corrected chi connectivity index (χ3v) is 7.47. The Balaban J connectivity index is 1.76. The molecule has 0 spiro atoms. The molecule has 2 aromatic rings. The van der Waals surface area contributed by atoms with Crippen LogP contribution in [0.5, 0.6) is 0 Å². The second-order valence-corrected chi connectivity index (χ2v) is 9.99. The van der Waals surface area contributed by atoms with E-state index in [1.165, 1.54) is 0 Å². The highest BCUT2D eigenvalue weighted by atomic mass is 35.5. The third-order valence-electron chi connectivity index (χ3n) is 5.26. The molecule has 142 valence electrons. The van der Waals surface area contributed by atoms with E-state index in [1.807, 2.05) is 13.0 Å². The number of nitriles is 1. The average Bonchev–Trinajstić information content (AvgIpc) is 2.63. The molecule has 1 N–H and O–H groups in total. The van der Waals surface area contributed by atoms with E-state index in [1.54, 1.807) is 42.5 Å². The highest BCUT2D eigenvalue weighted by molar-refractivity contribution is 7.91. The van der Waals surface area contributed by atoms with Crippen molar-refractivity contribution < 1.29 is 13.5 Å². The van der Waals surface area contributed by atoms with Crippen LogP contribution in [-0.2, 0) is 9.84 Å². The quantitative estimate of drug-likeness (QED) is 0.809. The summed E-state index contributed by atoms with van der Waals surface area (Å²) in [7, 11) is -3.37. The summed E-state index contributed by atoms with van der Waals surface area (Å²) in [6.45, 7) is 1.81. The van der Waals surface area contributed by atoms with Gasteiger partial charge in [0.2, 0.25) is 0 Å². The van der Waals surface area contributed by atoms with Gasteiger partial charge in [0.05, 0.1) is 27.9 Å². The smallest absolute Gasteiger partial charge is 0.178 e. The van der Waals surface area contributed by atoms with Crippen molar-refractivity contribution in [2.45, 2.75) is 43.1 Å². The van der Waals surface area contributed by atoms with Crippen molar-refractivity contribution in [2.75, 3.05) is 5.75 Å². The van der Waals surface area contributed by atoms with E-state index in [4.69, 9.17) is 16.9 Å². The molecule has 1 aliphatic rings. The topological polar surface area (TPSA) is 78.2 Å². The van der Waals surface area contributed by atoms with Gasteiger partial charge in [0.25, 0.3) is 0 Å². The lowest BCUT2D eigenvalue weighted by Gasteiger charge is -2.32. The number of hydrogen-bond acceptors (Lipinski definition) is 4. The minimum absolute atomic E-state index is 0.0860. The first-order valence-electron chi connectivity index (χ1n) is 8.95. The molecule has 27 heavy (non-hydrogen) atoms.